The van der Waals surface area contributed by atoms with Crippen molar-refractivity contribution in [2.45, 2.75) is 0 Å². The fourth-order valence-electron chi connectivity index (χ4n) is 0.770. The Morgan fingerprint density at radius 2 is 2.08 bits per heavy atom. The van der Waals surface area contributed by atoms with E-state index in [1.807, 2.05) is 0 Å². The summed E-state index contributed by atoms with van der Waals surface area (Å²) in [7, 11) is 0. The van der Waals surface area contributed by atoms with E-state index < -0.39 is 11.1 Å². The molecule has 1 aromatic rings. The van der Waals surface area contributed by atoms with Crippen LogP contribution < -0.4 is 5.84 Å². The Hall–Kier alpha value is -1.62. The van der Waals surface area contributed by atoms with Crippen LogP contribution in [0.5, 0.6) is 5.75 Å². The highest BCUT2D eigenvalue weighted by molar-refractivity contribution is 5.95. The van der Waals surface area contributed by atoms with Crippen molar-refractivity contribution in [3.63, 3.8) is 0 Å². The number of nitrogens with two attached hydrogens (primary N) is 1. The lowest BCUT2D eigenvalue weighted by Crippen LogP contribution is -2.29. The van der Waals surface area contributed by atoms with Crippen molar-refractivity contribution in [1.29, 1.82) is 0 Å². The second-order valence-corrected chi connectivity index (χ2v) is 2.13. The first-order valence-electron chi connectivity index (χ1n) is 3.16. The van der Waals surface area contributed by atoms with Crippen LogP contribution in [0.4, 0.5) is 4.48 Å². The number of hydrazine groups is 1. The molecule has 4 nitrogen and oxygen atoms in total. The van der Waals surface area contributed by atoms with E-state index in [-0.39, 0.29) is 11.3 Å². The van der Waals surface area contributed by atoms with E-state index in [1.54, 1.807) is 0 Å². The zero-order valence-electron chi connectivity index (χ0n) is 6.07. The summed E-state index contributed by atoms with van der Waals surface area (Å²) in [6, 6.07) is 5.56. The van der Waals surface area contributed by atoms with Crippen molar-refractivity contribution >= 4 is 5.91 Å². The van der Waals surface area contributed by atoms with Crippen molar-refractivity contribution in [2.75, 3.05) is 0 Å². The predicted molar refractivity (Wildman–Crippen MR) is 39.6 cm³/mol. The van der Waals surface area contributed by atoms with Crippen LogP contribution in [0, 0.1) is 0 Å². The minimum Gasteiger partial charge on any atom is -0.507 e. The normalized spacial score (nSPS) is 9.50. The van der Waals surface area contributed by atoms with Crippen LogP contribution in [-0.4, -0.2) is 16.2 Å². The molecule has 0 aliphatic rings. The molecular formula is C7H7FN2O2. The summed E-state index contributed by atoms with van der Waals surface area (Å²) in [6.45, 7) is 0. The molecule has 0 aliphatic heterocycles. The molecule has 12 heavy (non-hydrogen) atoms. The number of rotatable bonds is 1. The van der Waals surface area contributed by atoms with Gasteiger partial charge in [0.1, 0.15) is 5.75 Å². The van der Waals surface area contributed by atoms with Gasteiger partial charge >= 0.3 is 0 Å². The Morgan fingerprint density at radius 3 is 2.58 bits per heavy atom. The Bertz CT molecular complexity index is 301. The van der Waals surface area contributed by atoms with E-state index in [1.165, 1.54) is 24.3 Å². The molecule has 0 bridgehead atoms. The quantitative estimate of drug-likeness (QED) is 0.280. The number of nitrogens with zero attached hydrogens (tertiary/aromatic N) is 1. The van der Waals surface area contributed by atoms with Gasteiger partial charge in [-0.2, -0.15) is 0 Å². The van der Waals surface area contributed by atoms with Gasteiger partial charge in [-0.15, -0.1) is 5.23 Å². The minimum absolute atomic E-state index is 0.164. The fraction of sp³-hybridized carbons (Fsp3) is 0. The third kappa shape index (κ3) is 1.51. The van der Waals surface area contributed by atoms with E-state index in [2.05, 4.69) is 5.84 Å². The van der Waals surface area contributed by atoms with E-state index in [0.717, 1.165) is 0 Å². The number of phenolic OH excluding ortho intramolecular Hbond substituents is 1. The summed E-state index contributed by atoms with van der Waals surface area (Å²) in [5, 5.41) is 8.49. The number of halogens is 1. The third-order valence-corrected chi connectivity index (χ3v) is 1.33. The average molecular weight is 170 g/mol. The van der Waals surface area contributed by atoms with Crippen LogP contribution in [0.3, 0.4) is 0 Å². The minimum atomic E-state index is -1.08. The molecular weight excluding hydrogens is 163 g/mol. The lowest BCUT2D eigenvalue weighted by atomic mass is 10.2. The number of para-hydroxylation sites is 1. The standard InChI is InChI=1S/C7H7FN2O2/c8-10(9)7(12)5-3-1-2-4-6(5)11/h1-4,11H,9H2. The molecule has 1 rings (SSSR count). The van der Waals surface area contributed by atoms with Gasteiger partial charge < -0.3 is 5.11 Å². The van der Waals surface area contributed by atoms with Crippen molar-refractivity contribution in [2.24, 2.45) is 5.84 Å². The van der Waals surface area contributed by atoms with Crippen LogP contribution >= 0.6 is 0 Å². The van der Waals surface area contributed by atoms with E-state index in [9.17, 15) is 9.28 Å². The van der Waals surface area contributed by atoms with Crippen molar-refractivity contribution < 1.29 is 14.4 Å². The average Bonchev–Trinajstić information content (AvgIpc) is 2.04. The van der Waals surface area contributed by atoms with Crippen LogP contribution in [0.15, 0.2) is 24.3 Å². The Morgan fingerprint density at radius 1 is 1.50 bits per heavy atom. The molecule has 3 N–H and O–H groups in total. The summed E-state index contributed by atoms with van der Waals surface area (Å²) >= 11 is 0. The largest absolute Gasteiger partial charge is 0.507 e. The van der Waals surface area contributed by atoms with Gasteiger partial charge in [-0.1, -0.05) is 16.6 Å². The highest BCUT2D eigenvalue weighted by Crippen LogP contribution is 2.16. The molecule has 0 saturated heterocycles. The molecule has 0 unspecified atom stereocenters. The summed E-state index contributed by atoms with van der Waals surface area (Å²) in [6.07, 6.45) is 0. The third-order valence-electron chi connectivity index (χ3n) is 1.33. The van der Waals surface area contributed by atoms with Crippen LogP contribution in [0.25, 0.3) is 0 Å². The molecule has 0 aromatic heterocycles. The zero-order valence-corrected chi connectivity index (χ0v) is 6.07. The first-order chi connectivity index (χ1) is 5.63. The van der Waals surface area contributed by atoms with Crippen molar-refractivity contribution in [3.05, 3.63) is 29.8 Å². The second-order valence-electron chi connectivity index (χ2n) is 2.13. The maximum Gasteiger partial charge on any atom is 0.300 e. The molecule has 64 valence electrons. The van der Waals surface area contributed by atoms with Crippen LogP contribution in [0.1, 0.15) is 10.4 Å². The fourth-order valence-corrected chi connectivity index (χ4v) is 0.770. The van der Waals surface area contributed by atoms with E-state index in [0.29, 0.717) is 0 Å². The first kappa shape index (κ1) is 8.48. The topological polar surface area (TPSA) is 66.6 Å². The van der Waals surface area contributed by atoms with Crippen LogP contribution in [0.2, 0.25) is 0 Å². The van der Waals surface area contributed by atoms with E-state index in [4.69, 9.17) is 5.11 Å². The number of carbonyl (C=O) groups is 1. The van der Waals surface area contributed by atoms with Gasteiger partial charge in [0, 0.05) is 0 Å². The monoisotopic (exact) mass is 170 g/mol. The molecule has 0 radical (unpaired) electrons. The molecule has 0 aliphatic carbocycles. The van der Waals surface area contributed by atoms with Gasteiger partial charge in [0.2, 0.25) is 0 Å². The second kappa shape index (κ2) is 3.19. The number of carbonyl (C=O) groups excluding carboxylic acids is 1. The summed E-state index contributed by atoms with van der Waals surface area (Å²) in [5.41, 5.74) is -0.164. The number of hydrogen-bond acceptors (Lipinski definition) is 3. The van der Waals surface area contributed by atoms with Crippen molar-refractivity contribution in [3.8, 4) is 5.75 Å². The first-order valence-corrected chi connectivity index (χ1v) is 3.16. The highest BCUT2D eigenvalue weighted by Gasteiger charge is 2.14. The van der Waals surface area contributed by atoms with Gasteiger partial charge in [0.15, 0.2) is 0 Å². The number of hydrogen-bond donors (Lipinski definition) is 2. The van der Waals surface area contributed by atoms with Gasteiger partial charge in [-0.25, -0.2) is 5.84 Å². The summed E-state index contributed by atoms with van der Waals surface area (Å²) in [4.78, 5) is 10.8. The van der Waals surface area contributed by atoms with Gasteiger partial charge in [-0.3, -0.25) is 4.79 Å². The zero-order chi connectivity index (χ0) is 9.14. The van der Waals surface area contributed by atoms with E-state index >= 15 is 0 Å². The summed E-state index contributed by atoms with van der Waals surface area (Å²) < 4.78 is 12.1. The molecule has 0 saturated carbocycles. The molecule has 1 amide bonds. The number of aromatic hydroxyl groups is 1. The van der Waals surface area contributed by atoms with Gasteiger partial charge in [-0.05, 0) is 12.1 Å². The van der Waals surface area contributed by atoms with Crippen LogP contribution in [-0.2, 0) is 0 Å². The smallest absolute Gasteiger partial charge is 0.300 e. The highest BCUT2D eigenvalue weighted by atomic mass is 19.2. The molecule has 0 fully saturated rings. The lowest BCUT2D eigenvalue weighted by molar-refractivity contribution is 0.0189. The Kier molecular flexibility index (Phi) is 2.25. The van der Waals surface area contributed by atoms with Crippen molar-refractivity contribution in [1.82, 2.24) is 5.23 Å². The van der Waals surface area contributed by atoms with Gasteiger partial charge in [0.05, 0.1) is 5.56 Å². The Labute approximate surface area is 67.9 Å². The molecule has 0 heterocycles. The molecule has 0 spiro atoms. The molecule has 0 atom stereocenters. The number of amides is 1. The maximum absolute atomic E-state index is 12.1. The van der Waals surface area contributed by atoms with Gasteiger partial charge in [0.25, 0.3) is 5.91 Å². The molecule has 5 heteroatoms. The molecule has 1 aromatic carbocycles. The number of benzene rings is 1. The number of phenols is 1. The Balaban J connectivity index is 3.03. The lowest BCUT2D eigenvalue weighted by Gasteiger charge is -2.05. The maximum atomic E-state index is 12.1. The SMILES string of the molecule is NN(F)C(=O)c1ccccc1O. The predicted octanol–water partition coefficient (Wildman–Crippen LogP) is 0.593. The summed E-state index contributed by atoms with van der Waals surface area (Å²) in [5.74, 6) is 3.17.